The lowest BCUT2D eigenvalue weighted by atomic mass is 10.1. The predicted molar refractivity (Wildman–Crippen MR) is 84.3 cm³/mol. The Balaban J connectivity index is 2.18. The van der Waals surface area contributed by atoms with Crippen molar-refractivity contribution in [3.05, 3.63) is 4.88 Å². The van der Waals surface area contributed by atoms with Gasteiger partial charge in [0.05, 0.1) is 6.10 Å². The van der Waals surface area contributed by atoms with Gasteiger partial charge in [0.1, 0.15) is 21.6 Å². The number of anilines is 2. The van der Waals surface area contributed by atoms with Crippen molar-refractivity contribution in [2.24, 2.45) is 0 Å². The van der Waals surface area contributed by atoms with Crippen molar-refractivity contribution in [1.29, 1.82) is 5.26 Å². The fourth-order valence-corrected chi connectivity index (χ4v) is 3.50. The fourth-order valence-electron chi connectivity index (χ4n) is 2.57. The van der Waals surface area contributed by atoms with Crippen molar-refractivity contribution in [1.82, 2.24) is 0 Å². The largest absolute Gasteiger partial charge is 0.486 e. The third kappa shape index (κ3) is 3.57. The molecule has 1 heterocycles. The molecular weight excluding hydrogens is 270 g/mol. The zero-order valence-electron chi connectivity index (χ0n) is 12.2. The quantitative estimate of drug-likeness (QED) is 0.819. The minimum absolute atomic E-state index is 0.0492. The Hall–Kier alpha value is -1.41. The Morgan fingerprint density at radius 1 is 1.30 bits per heavy atom. The average Bonchev–Trinajstić information content (AvgIpc) is 2.61. The van der Waals surface area contributed by atoms with E-state index in [-0.39, 0.29) is 6.10 Å². The minimum Gasteiger partial charge on any atom is -0.486 e. The maximum absolute atomic E-state index is 9.14. The van der Waals surface area contributed by atoms with E-state index in [1.165, 1.54) is 49.9 Å². The Labute approximate surface area is 124 Å². The van der Waals surface area contributed by atoms with Crippen LogP contribution in [0.5, 0.6) is 5.75 Å². The molecular formula is C15H23N3OS. The molecule has 1 aromatic rings. The lowest BCUT2D eigenvalue weighted by Crippen LogP contribution is -2.18. The molecule has 5 heteroatoms. The summed E-state index contributed by atoms with van der Waals surface area (Å²) in [5.74, 6) is 0.658. The van der Waals surface area contributed by atoms with E-state index in [2.05, 4.69) is 11.4 Å². The van der Waals surface area contributed by atoms with Gasteiger partial charge in [-0.1, -0.05) is 25.7 Å². The molecule has 1 aliphatic carbocycles. The van der Waals surface area contributed by atoms with Crippen molar-refractivity contribution in [3.8, 4) is 11.8 Å². The van der Waals surface area contributed by atoms with Crippen molar-refractivity contribution >= 4 is 22.0 Å². The van der Waals surface area contributed by atoms with E-state index < -0.39 is 0 Å². The van der Waals surface area contributed by atoms with Crippen LogP contribution < -0.4 is 15.8 Å². The van der Waals surface area contributed by atoms with Crippen LogP contribution in [0, 0.1) is 11.3 Å². The lowest BCUT2D eigenvalue weighted by molar-refractivity contribution is 0.245. The van der Waals surface area contributed by atoms with Gasteiger partial charge in [-0.2, -0.15) is 5.26 Å². The zero-order valence-corrected chi connectivity index (χ0v) is 13.1. The number of nitrogens with one attached hydrogen (secondary N) is 1. The fraction of sp³-hybridized carbons (Fsp3) is 0.667. The number of hydrogen-bond acceptors (Lipinski definition) is 5. The Kier molecular flexibility index (Phi) is 5.13. The van der Waals surface area contributed by atoms with Gasteiger partial charge in [0, 0.05) is 6.04 Å². The smallest absolute Gasteiger partial charge is 0.178 e. The summed E-state index contributed by atoms with van der Waals surface area (Å²) in [6.07, 6.45) is 7.59. The lowest BCUT2D eigenvalue weighted by Gasteiger charge is -2.18. The number of ether oxygens (including phenoxy) is 1. The van der Waals surface area contributed by atoms with Crippen molar-refractivity contribution in [2.75, 3.05) is 11.1 Å². The number of nitrogens with two attached hydrogens (primary N) is 1. The highest BCUT2D eigenvalue weighted by molar-refractivity contribution is 7.17. The Bertz CT molecular complexity index is 482. The molecule has 0 amide bonds. The van der Waals surface area contributed by atoms with Crippen LogP contribution in [-0.4, -0.2) is 12.1 Å². The number of thiophene rings is 1. The maximum Gasteiger partial charge on any atom is 0.178 e. The Morgan fingerprint density at radius 3 is 2.50 bits per heavy atom. The third-order valence-corrected chi connectivity index (χ3v) is 4.57. The van der Waals surface area contributed by atoms with Crippen LogP contribution in [0.3, 0.4) is 0 Å². The number of rotatable bonds is 4. The SMILES string of the molecule is CC(C)Oc1c(NC2CCCCCC2)sc(C#N)c1N. The molecule has 110 valence electrons. The molecule has 0 aromatic carbocycles. The summed E-state index contributed by atoms with van der Waals surface area (Å²) in [5, 5.41) is 13.6. The molecule has 3 N–H and O–H groups in total. The summed E-state index contributed by atoms with van der Waals surface area (Å²) in [6.45, 7) is 3.94. The molecule has 1 aliphatic rings. The topological polar surface area (TPSA) is 71.1 Å². The molecule has 1 aromatic heterocycles. The van der Waals surface area contributed by atoms with Crippen LogP contribution in [-0.2, 0) is 0 Å². The monoisotopic (exact) mass is 293 g/mol. The van der Waals surface area contributed by atoms with Crippen molar-refractivity contribution < 1.29 is 4.74 Å². The van der Waals surface area contributed by atoms with Gasteiger partial charge in [-0.15, -0.1) is 11.3 Å². The van der Waals surface area contributed by atoms with Crippen LogP contribution in [0.2, 0.25) is 0 Å². The first-order valence-electron chi connectivity index (χ1n) is 7.37. The maximum atomic E-state index is 9.14. The molecule has 20 heavy (non-hydrogen) atoms. The second-order valence-electron chi connectivity index (χ2n) is 5.61. The highest BCUT2D eigenvalue weighted by atomic mass is 32.1. The van der Waals surface area contributed by atoms with E-state index in [1.54, 1.807) is 0 Å². The molecule has 1 fully saturated rings. The van der Waals surface area contributed by atoms with Crippen LogP contribution in [0.1, 0.15) is 57.2 Å². The van der Waals surface area contributed by atoms with Crippen molar-refractivity contribution in [3.63, 3.8) is 0 Å². The highest BCUT2D eigenvalue weighted by Crippen LogP contribution is 2.43. The van der Waals surface area contributed by atoms with Gasteiger partial charge >= 0.3 is 0 Å². The molecule has 4 nitrogen and oxygen atoms in total. The standard InChI is InChI=1S/C15H23N3OS/c1-10(2)19-14-13(17)12(9-16)20-15(14)18-11-7-5-3-4-6-8-11/h10-11,18H,3-8,17H2,1-2H3. The molecule has 0 unspecified atom stereocenters. The van der Waals surface area contributed by atoms with E-state index in [0.717, 1.165) is 5.00 Å². The minimum atomic E-state index is 0.0492. The van der Waals surface area contributed by atoms with Gasteiger partial charge in [0.15, 0.2) is 5.75 Å². The molecule has 0 bridgehead atoms. The van der Waals surface area contributed by atoms with Gasteiger partial charge in [-0.05, 0) is 26.7 Å². The first kappa shape index (κ1) is 15.0. The van der Waals surface area contributed by atoms with Gasteiger partial charge in [-0.3, -0.25) is 0 Å². The molecule has 0 saturated heterocycles. The van der Waals surface area contributed by atoms with E-state index in [9.17, 15) is 0 Å². The van der Waals surface area contributed by atoms with Gasteiger partial charge in [0.25, 0.3) is 0 Å². The van der Waals surface area contributed by atoms with Gasteiger partial charge in [-0.25, -0.2) is 0 Å². The summed E-state index contributed by atoms with van der Waals surface area (Å²) in [7, 11) is 0. The first-order chi connectivity index (χ1) is 9.61. The molecule has 0 aliphatic heterocycles. The molecule has 2 rings (SSSR count). The summed E-state index contributed by atoms with van der Waals surface area (Å²) in [4.78, 5) is 0.539. The van der Waals surface area contributed by atoms with Crippen LogP contribution in [0.4, 0.5) is 10.7 Å². The van der Waals surface area contributed by atoms with Crippen LogP contribution in [0.25, 0.3) is 0 Å². The highest BCUT2D eigenvalue weighted by Gasteiger charge is 2.21. The van der Waals surface area contributed by atoms with Crippen molar-refractivity contribution in [2.45, 2.75) is 64.5 Å². The zero-order chi connectivity index (χ0) is 14.5. The van der Waals surface area contributed by atoms with Crippen LogP contribution >= 0.6 is 11.3 Å². The van der Waals surface area contributed by atoms with E-state index in [1.807, 2.05) is 13.8 Å². The molecule has 0 radical (unpaired) electrons. The third-order valence-electron chi connectivity index (χ3n) is 3.55. The van der Waals surface area contributed by atoms with E-state index >= 15 is 0 Å². The number of hydrogen-bond donors (Lipinski definition) is 2. The normalized spacial score (nSPS) is 16.7. The molecule has 1 saturated carbocycles. The summed E-state index contributed by atoms with van der Waals surface area (Å²) in [5.41, 5.74) is 6.50. The average molecular weight is 293 g/mol. The van der Waals surface area contributed by atoms with Gasteiger partial charge < -0.3 is 15.8 Å². The number of nitriles is 1. The number of nitrogen functional groups attached to an aromatic ring is 1. The van der Waals surface area contributed by atoms with Gasteiger partial charge in [0.2, 0.25) is 0 Å². The summed E-state index contributed by atoms with van der Waals surface area (Å²) < 4.78 is 5.80. The predicted octanol–water partition coefficient (Wildman–Crippen LogP) is 4.12. The van der Waals surface area contributed by atoms with E-state index in [0.29, 0.717) is 22.4 Å². The first-order valence-corrected chi connectivity index (χ1v) is 8.19. The number of nitrogens with zero attached hydrogens (tertiary/aromatic N) is 1. The summed E-state index contributed by atoms with van der Waals surface area (Å²) in [6, 6.07) is 2.62. The summed E-state index contributed by atoms with van der Waals surface area (Å²) >= 11 is 1.41. The van der Waals surface area contributed by atoms with Crippen LogP contribution in [0.15, 0.2) is 0 Å². The molecule has 0 spiro atoms. The Morgan fingerprint density at radius 2 is 1.95 bits per heavy atom. The second kappa shape index (κ2) is 6.85. The second-order valence-corrected chi connectivity index (χ2v) is 6.63. The van der Waals surface area contributed by atoms with E-state index in [4.69, 9.17) is 15.7 Å². The molecule has 0 atom stereocenters.